The number of hydrogen-bond acceptors (Lipinski definition) is 1. The van der Waals surface area contributed by atoms with Crippen molar-refractivity contribution in [2.75, 3.05) is 19.6 Å². The highest BCUT2D eigenvalue weighted by atomic mass is 15.1. The normalized spacial score (nSPS) is 19.6. The van der Waals surface area contributed by atoms with E-state index >= 15 is 0 Å². The maximum absolute atomic E-state index is 3.63. The fourth-order valence-corrected chi connectivity index (χ4v) is 1.46. The fourth-order valence-electron chi connectivity index (χ4n) is 1.46. The van der Waals surface area contributed by atoms with Crippen LogP contribution in [0.3, 0.4) is 0 Å². The molecule has 1 aliphatic heterocycles. The van der Waals surface area contributed by atoms with Gasteiger partial charge in [0, 0.05) is 6.54 Å². The van der Waals surface area contributed by atoms with Crippen molar-refractivity contribution in [3.8, 4) is 0 Å². The summed E-state index contributed by atoms with van der Waals surface area (Å²) in [4.78, 5) is 2.52. The van der Waals surface area contributed by atoms with Crippen molar-refractivity contribution in [1.29, 1.82) is 0 Å². The lowest BCUT2D eigenvalue weighted by Crippen LogP contribution is -2.19. The molecule has 0 spiro atoms. The Labute approximate surface area is 69.4 Å². The predicted molar refractivity (Wildman–Crippen MR) is 49.6 cm³/mol. The van der Waals surface area contributed by atoms with Gasteiger partial charge < -0.3 is 4.90 Å². The number of allylic oxidation sites excluding steroid dienone is 2. The van der Waals surface area contributed by atoms with Crippen molar-refractivity contribution in [3.05, 3.63) is 24.8 Å². The lowest BCUT2D eigenvalue weighted by molar-refractivity contribution is 0.346. The van der Waals surface area contributed by atoms with E-state index in [4.69, 9.17) is 0 Å². The van der Waals surface area contributed by atoms with Crippen molar-refractivity contribution in [2.24, 2.45) is 0 Å². The van der Waals surface area contributed by atoms with Gasteiger partial charge in [-0.1, -0.05) is 24.8 Å². The number of nitrogens with zero attached hydrogens (tertiary/aromatic N) is 1. The summed E-state index contributed by atoms with van der Waals surface area (Å²) in [5.74, 6) is 0. The third kappa shape index (κ3) is 3.38. The van der Waals surface area contributed by atoms with Crippen LogP contribution in [0.4, 0.5) is 0 Å². The monoisotopic (exact) mass is 151 g/mol. The summed E-state index contributed by atoms with van der Waals surface area (Å²) in [6, 6.07) is 0. The van der Waals surface area contributed by atoms with Crippen LogP contribution in [0.15, 0.2) is 24.8 Å². The molecule has 0 bridgehead atoms. The van der Waals surface area contributed by atoms with Gasteiger partial charge in [0.25, 0.3) is 0 Å². The van der Waals surface area contributed by atoms with Gasteiger partial charge >= 0.3 is 0 Å². The molecule has 1 aliphatic rings. The molecular formula is C10H17N. The van der Waals surface area contributed by atoms with E-state index in [-0.39, 0.29) is 0 Å². The highest BCUT2D eigenvalue weighted by molar-refractivity contribution is 4.97. The zero-order chi connectivity index (χ0) is 7.94. The summed E-state index contributed by atoms with van der Waals surface area (Å²) in [5, 5.41) is 0. The summed E-state index contributed by atoms with van der Waals surface area (Å²) in [6.45, 7) is 7.47. The maximum Gasteiger partial charge on any atom is 0.00160 e. The van der Waals surface area contributed by atoms with Gasteiger partial charge in [0.1, 0.15) is 0 Å². The standard InChI is InChI=1S/C10H17N/c1-2-3-4-5-8-11-9-6-7-10-11/h2-4H,1,5-10H2. The van der Waals surface area contributed by atoms with Crippen LogP contribution >= 0.6 is 0 Å². The highest BCUT2D eigenvalue weighted by Crippen LogP contribution is 2.07. The van der Waals surface area contributed by atoms with Gasteiger partial charge in [0.2, 0.25) is 0 Å². The Hall–Kier alpha value is -0.560. The Bertz CT molecular complexity index is 132. The lowest BCUT2D eigenvalue weighted by Gasteiger charge is -2.11. The molecule has 0 unspecified atom stereocenters. The van der Waals surface area contributed by atoms with Gasteiger partial charge in [-0.15, -0.1) is 0 Å². The van der Waals surface area contributed by atoms with Gasteiger partial charge in [-0.2, -0.15) is 0 Å². The fraction of sp³-hybridized carbons (Fsp3) is 0.600. The van der Waals surface area contributed by atoms with E-state index in [0.717, 1.165) is 0 Å². The first-order chi connectivity index (χ1) is 5.43. The smallest absolute Gasteiger partial charge is 0.00160 e. The van der Waals surface area contributed by atoms with Crippen molar-refractivity contribution in [1.82, 2.24) is 4.90 Å². The van der Waals surface area contributed by atoms with Gasteiger partial charge in [-0.25, -0.2) is 0 Å². The Morgan fingerprint density at radius 1 is 1.27 bits per heavy atom. The average molecular weight is 151 g/mol. The topological polar surface area (TPSA) is 3.24 Å². The predicted octanol–water partition coefficient (Wildman–Crippen LogP) is 2.21. The van der Waals surface area contributed by atoms with Crippen molar-refractivity contribution >= 4 is 0 Å². The summed E-state index contributed by atoms with van der Waals surface area (Å²) >= 11 is 0. The summed E-state index contributed by atoms with van der Waals surface area (Å²) in [7, 11) is 0. The number of hydrogen-bond donors (Lipinski definition) is 0. The molecule has 1 heteroatoms. The van der Waals surface area contributed by atoms with Crippen LogP contribution in [0, 0.1) is 0 Å². The largest absolute Gasteiger partial charge is 0.303 e. The third-order valence-electron chi connectivity index (χ3n) is 2.08. The molecule has 1 nitrogen and oxygen atoms in total. The van der Waals surface area contributed by atoms with Crippen LogP contribution in [-0.4, -0.2) is 24.5 Å². The minimum Gasteiger partial charge on any atom is -0.303 e. The van der Waals surface area contributed by atoms with Gasteiger partial charge in [0.05, 0.1) is 0 Å². The number of rotatable bonds is 4. The molecule has 1 heterocycles. The van der Waals surface area contributed by atoms with Crippen molar-refractivity contribution < 1.29 is 0 Å². The second kappa shape index (κ2) is 5.14. The molecule has 62 valence electrons. The molecule has 0 aliphatic carbocycles. The van der Waals surface area contributed by atoms with E-state index in [2.05, 4.69) is 17.6 Å². The molecule has 0 radical (unpaired) electrons. The second-order valence-corrected chi connectivity index (χ2v) is 3.00. The summed E-state index contributed by atoms with van der Waals surface area (Å²) in [5.41, 5.74) is 0. The van der Waals surface area contributed by atoms with E-state index in [1.54, 1.807) is 0 Å². The molecule has 0 aromatic carbocycles. The molecule has 1 saturated heterocycles. The van der Waals surface area contributed by atoms with Crippen LogP contribution in [0.25, 0.3) is 0 Å². The van der Waals surface area contributed by atoms with E-state index in [9.17, 15) is 0 Å². The van der Waals surface area contributed by atoms with Crippen LogP contribution in [0.2, 0.25) is 0 Å². The van der Waals surface area contributed by atoms with Crippen LogP contribution in [-0.2, 0) is 0 Å². The first-order valence-corrected chi connectivity index (χ1v) is 4.43. The molecular weight excluding hydrogens is 134 g/mol. The van der Waals surface area contributed by atoms with Crippen LogP contribution < -0.4 is 0 Å². The molecule has 0 amide bonds. The van der Waals surface area contributed by atoms with E-state index in [1.165, 1.54) is 38.9 Å². The first kappa shape index (κ1) is 8.54. The molecule has 1 fully saturated rings. The highest BCUT2D eigenvalue weighted by Gasteiger charge is 2.08. The summed E-state index contributed by atoms with van der Waals surface area (Å²) in [6.07, 6.45) is 10.0. The second-order valence-electron chi connectivity index (χ2n) is 3.00. The van der Waals surface area contributed by atoms with Gasteiger partial charge in [0.15, 0.2) is 0 Å². The average Bonchev–Trinajstić information content (AvgIpc) is 2.50. The minimum absolute atomic E-state index is 1.17. The minimum atomic E-state index is 1.17. The molecule has 1 rings (SSSR count). The van der Waals surface area contributed by atoms with E-state index in [0.29, 0.717) is 0 Å². The zero-order valence-electron chi connectivity index (χ0n) is 7.13. The first-order valence-electron chi connectivity index (χ1n) is 4.43. The Kier molecular flexibility index (Phi) is 3.99. The van der Waals surface area contributed by atoms with Crippen LogP contribution in [0.5, 0.6) is 0 Å². The van der Waals surface area contributed by atoms with Crippen LogP contribution in [0.1, 0.15) is 19.3 Å². The Morgan fingerprint density at radius 2 is 2.00 bits per heavy atom. The maximum atomic E-state index is 3.63. The molecule has 0 aromatic heterocycles. The zero-order valence-corrected chi connectivity index (χ0v) is 7.13. The van der Waals surface area contributed by atoms with Crippen molar-refractivity contribution in [3.63, 3.8) is 0 Å². The van der Waals surface area contributed by atoms with E-state index < -0.39 is 0 Å². The molecule has 11 heavy (non-hydrogen) atoms. The summed E-state index contributed by atoms with van der Waals surface area (Å²) < 4.78 is 0. The Morgan fingerprint density at radius 3 is 2.64 bits per heavy atom. The number of likely N-dealkylation sites (tertiary alicyclic amines) is 1. The van der Waals surface area contributed by atoms with Gasteiger partial charge in [-0.05, 0) is 32.4 Å². The Balaban J connectivity index is 2.01. The molecule has 0 atom stereocenters. The van der Waals surface area contributed by atoms with Gasteiger partial charge in [-0.3, -0.25) is 0 Å². The molecule has 0 saturated carbocycles. The molecule has 0 aromatic rings. The quantitative estimate of drug-likeness (QED) is 0.557. The SMILES string of the molecule is C=CC=CCCN1CCCC1. The molecule has 0 N–H and O–H groups in total. The lowest BCUT2D eigenvalue weighted by atomic mass is 10.3. The third-order valence-corrected chi connectivity index (χ3v) is 2.08. The van der Waals surface area contributed by atoms with E-state index in [1.807, 2.05) is 12.2 Å². The van der Waals surface area contributed by atoms with Crippen molar-refractivity contribution in [2.45, 2.75) is 19.3 Å².